The van der Waals surface area contributed by atoms with E-state index in [0.717, 1.165) is 12.8 Å². The number of nitrogens with one attached hydrogen (secondary N) is 1. The van der Waals surface area contributed by atoms with Gasteiger partial charge in [-0.15, -0.1) is 6.58 Å². The lowest BCUT2D eigenvalue weighted by Crippen LogP contribution is -2.25. The van der Waals surface area contributed by atoms with Crippen molar-refractivity contribution in [1.29, 1.82) is 0 Å². The van der Waals surface area contributed by atoms with Crippen molar-refractivity contribution in [3.05, 3.63) is 34.2 Å². The first kappa shape index (κ1) is 14.1. The maximum atomic E-state index is 12.0. The quantitative estimate of drug-likeness (QED) is 0.863. The van der Waals surface area contributed by atoms with Crippen LogP contribution >= 0.6 is 11.6 Å². The topological polar surface area (TPSA) is 46.9 Å². The maximum absolute atomic E-state index is 12.0. The monoisotopic (exact) mass is 281 g/mol. The van der Waals surface area contributed by atoms with E-state index in [1.807, 2.05) is 0 Å². The van der Waals surface area contributed by atoms with Crippen LogP contribution < -0.4 is 10.9 Å². The molecule has 19 heavy (non-hydrogen) atoms. The van der Waals surface area contributed by atoms with Gasteiger partial charge in [0.2, 0.25) is 0 Å². The van der Waals surface area contributed by atoms with Gasteiger partial charge in [0.25, 0.3) is 5.56 Å². The second-order valence-corrected chi connectivity index (χ2v) is 6.27. The summed E-state index contributed by atoms with van der Waals surface area (Å²) in [5.74, 6) is 0. The predicted octanol–water partition coefficient (Wildman–Crippen LogP) is 3.07. The molecule has 1 N–H and O–H groups in total. The Kier molecular flexibility index (Phi) is 3.99. The van der Waals surface area contributed by atoms with Crippen molar-refractivity contribution in [1.82, 2.24) is 9.78 Å². The molecule has 1 aliphatic carbocycles. The number of hydrogen-bond acceptors (Lipinski definition) is 3. The van der Waals surface area contributed by atoms with Crippen LogP contribution in [0, 0.1) is 5.41 Å². The van der Waals surface area contributed by atoms with Crippen LogP contribution in [-0.4, -0.2) is 15.8 Å². The van der Waals surface area contributed by atoms with Crippen molar-refractivity contribution < 1.29 is 0 Å². The van der Waals surface area contributed by atoms with Crippen molar-refractivity contribution >= 4 is 17.3 Å². The molecular formula is C14H20ClN3O. The Bertz CT molecular complexity index is 536. The highest BCUT2D eigenvalue weighted by Crippen LogP contribution is 2.38. The normalized spacial score (nSPS) is 21.3. The Morgan fingerprint density at radius 2 is 2.42 bits per heavy atom. The van der Waals surface area contributed by atoms with Crippen molar-refractivity contribution in [3.63, 3.8) is 0 Å². The third-order valence-corrected chi connectivity index (χ3v) is 3.98. The van der Waals surface area contributed by atoms with E-state index in [-0.39, 0.29) is 10.6 Å². The Balaban J connectivity index is 2.16. The molecule has 1 fully saturated rings. The molecule has 0 aromatic carbocycles. The minimum atomic E-state index is -0.274. The summed E-state index contributed by atoms with van der Waals surface area (Å²) >= 11 is 6.11. The predicted molar refractivity (Wildman–Crippen MR) is 78.7 cm³/mol. The molecule has 1 heterocycles. The number of allylic oxidation sites excluding steroid dienone is 1. The van der Waals surface area contributed by atoms with Gasteiger partial charge in [0.1, 0.15) is 5.02 Å². The molecule has 0 radical (unpaired) electrons. The minimum absolute atomic E-state index is 0.210. The summed E-state index contributed by atoms with van der Waals surface area (Å²) in [4.78, 5) is 12.0. The van der Waals surface area contributed by atoms with Gasteiger partial charge >= 0.3 is 0 Å². The molecule has 1 atom stereocenters. The van der Waals surface area contributed by atoms with E-state index in [4.69, 9.17) is 11.6 Å². The number of rotatable bonds is 4. The lowest BCUT2D eigenvalue weighted by molar-refractivity contribution is 0.378. The minimum Gasteiger partial charge on any atom is -0.380 e. The molecule has 0 amide bonds. The van der Waals surface area contributed by atoms with Crippen LogP contribution in [0.5, 0.6) is 0 Å². The Morgan fingerprint density at radius 3 is 3.00 bits per heavy atom. The van der Waals surface area contributed by atoms with Crippen LogP contribution in [0.15, 0.2) is 23.6 Å². The first-order valence-electron chi connectivity index (χ1n) is 6.56. The summed E-state index contributed by atoms with van der Waals surface area (Å²) in [5.41, 5.74) is 0.716. The molecule has 1 aliphatic rings. The third-order valence-electron chi connectivity index (χ3n) is 3.62. The van der Waals surface area contributed by atoms with Gasteiger partial charge in [0, 0.05) is 6.04 Å². The van der Waals surface area contributed by atoms with Crippen molar-refractivity contribution in [3.8, 4) is 0 Å². The van der Waals surface area contributed by atoms with E-state index < -0.39 is 0 Å². The van der Waals surface area contributed by atoms with E-state index in [9.17, 15) is 4.79 Å². The van der Waals surface area contributed by atoms with E-state index in [0.29, 0.717) is 23.7 Å². The zero-order valence-corrected chi connectivity index (χ0v) is 12.2. The summed E-state index contributed by atoms with van der Waals surface area (Å²) in [6.45, 7) is 8.48. The highest BCUT2D eigenvalue weighted by atomic mass is 35.5. The fourth-order valence-corrected chi connectivity index (χ4v) is 2.80. The zero-order chi connectivity index (χ0) is 14.0. The zero-order valence-electron chi connectivity index (χ0n) is 11.4. The molecule has 1 aromatic heterocycles. The summed E-state index contributed by atoms with van der Waals surface area (Å²) in [7, 11) is 0. The molecule has 1 aromatic rings. The molecular weight excluding hydrogens is 262 g/mol. The average molecular weight is 282 g/mol. The number of aromatic nitrogens is 2. The fraction of sp³-hybridized carbons (Fsp3) is 0.571. The molecule has 0 spiro atoms. The van der Waals surface area contributed by atoms with Crippen LogP contribution in [0.4, 0.5) is 5.69 Å². The third kappa shape index (κ3) is 3.18. The Morgan fingerprint density at radius 1 is 1.68 bits per heavy atom. The summed E-state index contributed by atoms with van der Waals surface area (Å²) in [6.07, 6.45) is 6.61. The molecule has 104 valence electrons. The van der Waals surface area contributed by atoms with Crippen LogP contribution in [-0.2, 0) is 6.54 Å². The van der Waals surface area contributed by atoms with Gasteiger partial charge in [-0.05, 0) is 24.7 Å². The molecule has 4 nitrogen and oxygen atoms in total. The van der Waals surface area contributed by atoms with Gasteiger partial charge in [-0.25, -0.2) is 4.68 Å². The van der Waals surface area contributed by atoms with Gasteiger partial charge in [-0.3, -0.25) is 4.79 Å². The van der Waals surface area contributed by atoms with E-state index in [2.05, 4.69) is 30.8 Å². The van der Waals surface area contributed by atoms with Gasteiger partial charge in [0.05, 0.1) is 18.4 Å². The summed E-state index contributed by atoms with van der Waals surface area (Å²) < 4.78 is 1.30. The summed E-state index contributed by atoms with van der Waals surface area (Å²) in [6, 6.07) is 0.365. The largest absolute Gasteiger partial charge is 0.380 e. The SMILES string of the molecule is C=CCn1ncc(NC2CCC(C)(C)C2)c(Cl)c1=O. The molecule has 1 unspecified atom stereocenters. The van der Waals surface area contributed by atoms with Crippen LogP contribution in [0.3, 0.4) is 0 Å². The Labute approximate surface area is 118 Å². The van der Waals surface area contributed by atoms with Crippen molar-refractivity contribution in [2.75, 3.05) is 5.32 Å². The number of hydrogen-bond donors (Lipinski definition) is 1. The van der Waals surface area contributed by atoms with Gasteiger partial charge < -0.3 is 5.32 Å². The maximum Gasteiger partial charge on any atom is 0.287 e. The fourth-order valence-electron chi connectivity index (χ4n) is 2.60. The second kappa shape index (κ2) is 5.37. The van der Waals surface area contributed by atoms with Gasteiger partial charge in [0.15, 0.2) is 0 Å². The van der Waals surface area contributed by atoms with Crippen LogP contribution in [0.2, 0.25) is 5.02 Å². The lowest BCUT2D eigenvalue weighted by Gasteiger charge is -2.19. The van der Waals surface area contributed by atoms with Crippen LogP contribution in [0.25, 0.3) is 0 Å². The van der Waals surface area contributed by atoms with Gasteiger partial charge in [-0.2, -0.15) is 5.10 Å². The van der Waals surface area contributed by atoms with Crippen molar-refractivity contribution in [2.24, 2.45) is 5.41 Å². The van der Waals surface area contributed by atoms with Gasteiger partial charge in [-0.1, -0.05) is 31.5 Å². The first-order chi connectivity index (χ1) is 8.93. The van der Waals surface area contributed by atoms with Crippen LogP contribution in [0.1, 0.15) is 33.1 Å². The Hall–Kier alpha value is -1.29. The number of nitrogens with zero attached hydrogens (tertiary/aromatic N) is 2. The molecule has 0 aliphatic heterocycles. The van der Waals surface area contributed by atoms with E-state index in [1.54, 1.807) is 12.3 Å². The second-order valence-electron chi connectivity index (χ2n) is 5.90. The average Bonchev–Trinajstić information content (AvgIpc) is 2.69. The highest BCUT2D eigenvalue weighted by Gasteiger charge is 2.31. The molecule has 2 rings (SSSR count). The smallest absolute Gasteiger partial charge is 0.287 e. The summed E-state index contributed by atoms with van der Waals surface area (Å²) in [5, 5.41) is 7.64. The van der Waals surface area contributed by atoms with E-state index >= 15 is 0 Å². The first-order valence-corrected chi connectivity index (χ1v) is 6.94. The molecule has 5 heteroatoms. The number of halogens is 1. The molecule has 0 bridgehead atoms. The molecule has 0 saturated heterocycles. The van der Waals surface area contributed by atoms with E-state index in [1.165, 1.54) is 11.1 Å². The highest BCUT2D eigenvalue weighted by molar-refractivity contribution is 6.32. The standard InChI is InChI=1S/C14H20ClN3O/c1-4-7-18-13(19)12(15)11(9-16-18)17-10-5-6-14(2,3)8-10/h4,9-10,17H,1,5-8H2,2-3H3. The van der Waals surface area contributed by atoms with Crippen molar-refractivity contribution in [2.45, 2.75) is 45.7 Å². The molecule has 1 saturated carbocycles. The number of anilines is 1. The lowest BCUT2D eigenvalue weighted by atomic mass is 9.92.